The van der Waals surface area contributed by atoms with Crippen molar-refractivity contribution in [1.29, 1.82) is 0 Å². The average Bonchev–Trinajstić information content (AvgIpc) is 2.47. The lowest BCUT2D eigenvalue weighted by molar-refractivity contribution is -0.177. The summed E-state index contributed by atoms with van der Waals surface area (Å²) in [7, 11) is 0. The molecule has 0 aromatic heterocycles. The third-order valence-corrected chi connectivity index (χ3v) is 6.39. The Morgan fingerprint density at radius 3 is 2.33 bits per heavy atom. The maximum Gasteiger partial charge on any atom is 0.306 e. The minimum atomic E-state index is -0.558. The van der Waals surface area contributed by atoms with Gasteiger partial charge in [0.05, 0.1) is 12.0 Å². The van der Waals surface area contributed by atoms with E-state index in [-0.39, 0.29) is 29.9 Å². The second kappa shape index (κ2) is 6.66. The molecule has 0 heterocycles. The van der Waals surface area contributed by atoms with Crippen molar-refractivity contribution in [3.05, 3.63) is 0 Å². The fourth-order valence-electron chi connectivity index (χ4n) is 5.87. The lowest BCUT2D eigenvalue weighted by atomic mass is 9.47. The van der Waals surface area contributed by atoms with E-state index in [2.05, 4.69) is 5.32 Å². The van der Waals surface area contributed by atoms with Crippen LogP contribution in [0.15, 0.2) is 0 Å². The normalized spacial score (nSPS) is 36.8. The van der Waals surface area contributed by atoms with Crippen LogP contribution in [0.2, 0.25) is 0 Å². The smallest absolute Gasteiger partial charge is 0.306 e. The summed E-state index contributed by atoms with van der Waals surface area (Å²) in [6.07, 6.45) is 7.89. The topological polar surface area (TPSA) is 75.6 Å². The number of carbonyl (C=O) groups is 2. The summed E-state index contributed by atoms with van der Waals surface area (Å²) in [5, 5.41) is 13.6. The number of rotatable bonds is 7. The Balaban J connectivity index is 1.49. The molecule has 4 aliphatic carbocycles. The van der Waals surface area contributed by atoms with Crippen LogP contribution in [0.5, 0.6) is 0 Å². The van der Waals surface area contributed by atoms with Gasteiger partial charge in [0.25, 0.3) is 5.91 Å². The number of amides is 1. The van der Waals surface area contributed by atoms with Crippen molar-refractivity contribution in [1.82, 2.24) is 5.32 Å². The summed E-state index contributed by atoms with van der Waals surface area (Å²) in [5.41, 5.74) is -0.654. The van der Waals surface area contributed by atoms with Gasteiger partial charge in [0.15, 0.2) is 6.61 Å². The van der Waals surface area contributed by atoms with Gasteiger partial charge in [-0.15, -0.1) is 0 Å². The van der Waals surface area contributed by atoms with Crippen LogP contribution >= 0.6 is 0 Å². The van der Waals surface area contributed by atoms with Crippen molar-refractivity contribution in [2.75, 3.05) is 6.61 Å². The second-order valence-corrected chi connectivity index (χ2v) is 8.60. The van der Waals surface area contributed by atoms with Crippen molar-refractivity contribution in [3.63, 3.8) is 0 Å². The van der Waals surface area contributed by atoms with Gasteiger partial charge in [-0.05, 0) is 68.6 Å². The zero-order chi connectivity index (χ0) is 17.4. The van der Waals surface area contributed by atoms with E-state index in [9.17, 15) is 14.7 Å². The van der Waals surface area contributed by atoms with Crippen LogP contribution in [0.3, 0.4) is 0 Å². The third-order valence-electron chi connectivity index (χ3n) is 6.39. The van der Waals surface area contributed by atoms with E-state index in [0.717, 1.165) is 44.9 Å². The molecule has 4 fully saturated rings. The largest absolute Gasteiger partial charge is 0.456 e. The number of ether oxygens (including phenoxy) is 1. The molecule has 0 saturated heterocycles. The van der Waals surface area contributed by atoms with Crippen molar-refractivity contribution in [3.8, 4) is 0 Å². The third kappa shape index (κ3) is 3.76. The minimum absolute atomic E-state index is 0.0955. The molecular weight excluding hydrogens is 306 g/mol. The van der Waals surface area contributed by atoms with Crippen molar-refractivity contribution >= 4 is 11.9 Å². The first-order valence-electron chi connectivity index (χ1n) is 9.53. The average molecular weight is 337 g/mol. The highest BCUT2D eigenvalue weighted by Gasteiger charge is 2.57. The lowest BCUT2D eigenvalue weighted by Crippen LogP contribution is -2.56. The molecule has 24 heavy (non-hydrogen) atoms. The highest BCUT2D eigenvalue weighted by molar-refractivity contribution is 5.80. The van der Waals surface area contributed by atoms with Gasteiger partial charge in [0, 0.05) is 6.04 Å². The Morgan fingerprint density at radius 1 is 1.17 bits per heavy atom. The van der Waals surface area contributed by atoms with Crippen LogP contribution in [0.4, 0.5) is 0 Å². The van der Waals surface area contributed by atoms with Crippen LogP contribution in [-0.2, 0) is 14.3 Å². The van der Waals surface area contributed by atoms with E-state index in [0.29, 0.717) is 18.3 Å². The van der Waals surface area contributed by atoms with Crippen molar-refractivity contribution in [2.45, 2.75) is 83.3 Å². The molecule has 136 valence electrons. The number of hydrogen-bond acceptors (Lipinski definition) is 4. The fraction of sp³-hybridized carbons (Fsp3) is 0.895. The molecule has 4 rings (SSSR count). The number of esters is 1. The summed E-state index contributed by atoms with van der Waals surface area (Å²) < 4.78 is 5.23. The van der Waals surface area contributed by atoms with E-state index in [1.165, 1.54) is 6.42 Å². The molecule has 0 aromatic carbocycles. The van der Waals surface area contributed by atoms with Crippen LogP contribution in [0.25, 0.3) is 0 Å². The van der Waals surface area contributed by atoms with Crippen LogP contribution in [0, 0.1) is 17.3 Å². The molecule has 0 spiro atoms. The monoisotopic (exact) mass is 337 g/mol. The molecule has 4 bridgehead atoms. The lowest BCUT2D eigenvalue weighted by Gasteiger charge is -2.60. The zero-order valence-electron chi connectivity index (χ0n) is 15.0. The molecule has 5 heteroatoms. The number of hydrogen-bond donors (Lipinski definition) is 2. The molecule has 0 aliphatic heterocycles. The van der Waals surface area contributed by atoms with E-state index < -0.39 is 5.60 Å². The van der Waals surface area contributed by atoms with Gasteiger partial charge < -0.3 is 15.2 Å². The number of carbonyl (C=O) groups excluding carboxylic acids is 2. The summed E-state index contributed by atoms with van der Waals surface area (Å²) in [5.74, 6) is 0.603. The molecule has 0 radical (unpaired) electrons. The quantitative estimate of drug-likeness (QED) is 0.700. The molecular formula is C19H31NO4. The van der Waals surface area contributed by atoms with Gasteiger partial charge in [-0.2, -0.15) is 0 Å². The first-order valence-corrected chi connectivity index (χ1v) is 9.53. The summed E-state index contributed by atoms with van der Waals surface area (Å²) in [6.45, 7) is 3.86. The predicted molar refractivity (Wildman–Crippen MR) is 90.2 cm³/mol. The maximum absolute atomic E-state index is 12.3. The molecule has 4 aliphatic rings. The first-order chi connectivity index (χ1) is 11.4. The highest BCUT2D eigenvalue weighted by Crippen LogP contribution is 2.62. The highest BCUT2D eigenvalue weighted by atomic mass is 16.5. The molecule has 2 atom stereocenters. The predicted octanol–water partition coefficient (Wildman–Crippen LogP) is 2.56. The number of aliphatic hydroxyl groups is 1. The molecule has 0 aromatic rings. The van der Waals surface area contributed by atoms with Gasteiger partial charge in [0.1, 0.15) is 0 Å². The molecule has 1 amide bonds. The summed E-state index contributed by atoms with van der Waals surface area (Å²) >= 11 is 0. The Hall–Kier alpha value is -1.10. The minimum Gasteiger partial charge on any atom is -0.456 e. The Morgan fingerprint density at radius 2 is 1.79 bits per heavy atom. The fourth-order valence-corrected chi connectivity index (χ4v) is 5.87. The van der Waals surface area contributed by atoms with Gasteiger partial charge in [0.2, 0.25) is 0 Å². The Kier molecular flexibility index (Phi) is 4.92. The molecule has 2 N–H and O–H groups in total. The maximum atomic E-state index is 12.3. The molecule has 2 unspecified atom stereocenters. The van der Waals surface area contributed by atoms with Crippen LogP contribution in [0.1, 0.15) is 71.6 Å². The van der Waals surface area contributed by atoms with Gasteiger partial charge in [-0.3, -0.25) is 9.59 Å². The van der Waals surface area contributed by atoms with Gasteiger partial charge >= 0.3 is 5.97 Å². The first kappa shape index (κ1) is 17.7. The Labute approximate surface area is 144 Å². The summed E-state index contributed by atoms with van der Waals surface area (Å²) in [6, 6.07) is 0.147. The second-order valence-electron chi connectivity index (χ2n) is 8.60. The standard InChI is InChI=1S/C19H31NO4/c1-3-15(4-2)20-16(21)11-24-17(22)10-18-6-13-5-14(7-18)9-19(23,8-13)12-18/h13-15,23H,3-12H2,1-2H3,(H,20,21). The molecule has 5 nitrogen and oxygen atoms in total. The zero-order valence-corrected chi connectivity index (χ0v) is 15.0. The summed E-state index contributed by atoms with van der Waals surface area (Å²) in [4.78, 5) is 24.1. The van der Waals surface area contributed by atoms with Crippen LogP contribution < -0.4 is 5.32 Å². The van der Waals surface area contributed by atoms with Gasteiger partial charge in [-0.1, -0.05) is 13.8 Å². The van der Waals surface area contributed by atoms with Crippen molar-refractivity contribution < 1.29 is 19.4 Å². The van der Waals surface area contributed by atoms with E-state index in [1.54, 1.807) is 0 Å². The van der Waals surface area contributed by atoms with Crippen molar-refractivity contribution in [2.24, 2.45) is 17.3 Å². The Bertz CT molecular complexity index is 486. The number of nitrogens with one attached hydrogen (secondary N) is 1. The van der Waals surface area contributed by atoms with Crippen LogP contribution in [-0.4, -0.2) is 35.2 Å². The van der Waals surface area contributed by atoms with E-state index >= 15 is 0 Å². The van der Waals surface area contributed by atoms with E-state index in [1.807, 2.05) is 13.8 Å². The molecule has 4 saturated carbocycles. The SMILES string of the molecule is CCC(CC)NC(=O)COC(=O)CC12CC3CC(CC(O)(C3)C1)C2. The van der Waals surface area contributed by atoms with E-state index in [4.69, 9.17) is 4.74 Å². The van der Waals surface area contributed by atoms with Gasteiger partial charge in [-0.25, -0.2) is 0 Å².